The van der Waals surface area contributed by atoms with Crippen molar-refractivity contribution in [1.29, 1.82) is 0 Å². The summed E-state index contributed by atoms with van der Waals surface area (Å²) in [7, 11) is 1.62. The third-order valence-electron chi connectivity index (χ3n) is 5.13. The van der Waals surface area contributed by atoms with Gasteiger partial charge in [-0.1, -0.05) is 5.16 Å². The molecule has 0 unspecified atom stereocenters. The van der Waals surface area contributed by atoms with Gasteiger partial charge in [-0.15, -0.1) is 0 Å². The summed E-state index contributed by atoms with van der Waals surface area (Å²) in [6.45, 7) is 7.13. The van der Waals surface area contributed by atoms with Crippen molar-refractivity contribution in [3.63, 3.8) is 0 Å². The Hall–Kier alpha value is -2.19. The average molecular weight is 376 g/mol. The molecule has 0 spiro atoms. The minimum Gasteiger partial charge on any atom is -0.382 e. The van der Waals surface area contributed by atoms with Gasteiger partial charge in [-0.25, -0.2) is 4.98 Å². The van der Waals surface area contributed by atoms with E-state index in [1.807, 2.05) is 31.1 Å². The molecule has 0 aromatic carbocycles. The van der Waals surface area contributed by atoms with Gasteiger partial charge in [0, 0.05) is 44.1 Å². The fraction of sp³-hybridized carbons (Fsp3) is 0.632. The van der Waals surface area contributed by atoms with Crippen molar-refractivity contribution in [1.82, 2.24) is 19.6 Å². The highest BCUT2D eigenvalue weighted by Gasteiger charge is 2.26. The molecule has 1 fully saturated rings. The van der Waals surface area contributed by atoms with Crippen LogP contribution >= 0.6 is 0 Å². The number of imidazole rings is 1. The second-order valence-corrected chi connectivity index (χ2v) is 6.92. The van der Waals surface area contributed by atoms with Crippen LogP contribution in [0.15, 0.2) is 16.9 Å². The summed E-state index contributed by atoms with van der Waals surface area (Å²) in [6, 6.07) is 0. The Morgan fingerprint density at radius 2 is 2.07 bits per heavy atom. The van der Waals surface area contributed by atoms with Crippen molar-refractivity contribution in [2.75, 3.05) is 40.0 Å². The van der Waals surface area contributed by atoms with E-state index in [-0.39, 0.29) is 12.5 Å². The first kappa shape index (κ1) is 19.6. The molecule has 0 aliphatic carbocycles. The molecule has 8 heteroatoms. The zero-order chi connectivity index (χ0) is 19.2. The number of aromatic nitrogens is 3. The van der Waals surface area contributed by atoms with E-state index in [4.69, 9.17) is 14.0 Å². The number of methoxy groups -OCH3 is 1. The monoisotopic (exact) mass is 376 g/mol. The number of amides is 1. The molecular formula is C19H28N4O4. The van der Waals surface area contributed by atoms with Crippen molar-refractivity contribution in [3.8, 4) is 0 Å². The molecule has 0 N–H and O–H groups in total. The first-order valence-corrected chi connectivity index (χ1v) is 9.37. The van der Waals surface area contributed by atoms with Gasteiger partial charge in [0.1, 0.15) is 18.2 Å². The van der Waals surface area contributed by atoms with Gasteiger partial charge in [0.05, 0.1) is 25.5 Å². The van der Waals surface area contributed by atoms with Crippen LogP contribution in [0.5, 0.6) is 0 Å². The van der Waals surface area contributed by atoms with Crippen LogP contribution in [0.2, 0.25) is 0 Å². The fourth-order valence-electron chi connectivity index (χ4n) is 3.49. The van der Waals surface area contributed by atoms with E-state index in [0.717, 1.165) is 48.8 Å². The molecule has 1 saturated heterocycles. The van der Waals surface area contributed by atoms with E-state index in [1.54, 1.807) is 7.11 Å². The average Bonchev–Trinajstić information content (AvgIpc) is 3.27. The summed E-state index contributed by atoms with van der Waals surface area (Å²) < 4.78 is 17.7. The summed E-state index contributed by atoms with van der Waals surface area (Å²) in [4.78, 5) is 18.7. The summed E-state index contributed by atoms with van der Waals surface area (Å²) >= 11 is 0. The minimum atomic E-state index is 0.0450. The van der Waals surface area contributed by atoms with E-state index >= 15 is 0 Å². The van der Waals surface area contributed by atoms with Gasteiger partial charge in [-0.3, -0.25) is 4.79 Å². The third-order valence-corrected chi connectivity index (χ3v) is 5.13. The Morgan fingerprint density at radius 1 is 1.30 bits per heavy atom. The SMILES string of the molecule is COCCOCC(=O)N1CCC(c2nccn2Cc2c(C)noc2C)CC1. The van der Waals surface area contributed by atoms with Crippen LogP contribution in [-0.2, 0) is 20.8 Å². The number of piperidine rings is 1. The number of hydrogen-bond acceptors (Lipinski definition) is 6. The van der Waals surface area contributed by atoms with E-state index in [0.29, 0.717) is 25.7 Å². The van der Waals surface area contributed by atoms with Crippen molar-refractivity contribution in [2.45, 2.75) is 39.2 Å². The number of carbonyl (C=O) groups is 1. The molecule has 148 valence electrons. The van der Waals surface area contributed by atoms with Crippen LogP contribution in [-0.4, -0.2) is 65.5 Å². The first-order chi connectivity index (χ1) is 13.1. The van der Waals surface area contributed by atoms with Crippen LogP contribution in [0.25, 0.3) is 0 Å². The lowest BCUT2D eigenvalue weighted by Gasteiger charge is -2.32. The number of hydrogen-bond donors (Lipinski definition) is 0. The lowest BCUT2D eigenvalue weighted by atomic mass is 9.95. The van der Waals surface area contributed by atoms with Crippen LogP contribution in [0.3, 0.4) is 0 Å². The van der Waals surface area contributed by atoms with Gasteiger partial charge < -0.3 is 23.5 Å². The number of aryl methyl sites for hydroxylation is 2. The predicted molar refractivity (Wildman–Crippen MR) is 98.6 cm³/mol. The Balaban J connectivity index is 1.55. The summed E-state index contributed by atoms with van der Waals surface area (Å²) in [6.07, 6.45) is 5.65. The van der Waals surface area contributed by atoms with Crippen LogP contribution in [0.1, 0.15) is 41.6 Å². The standard InChI is InChI=1S/C19H28N4O4/c1-14-17(15(2)27-21-14)12-23-9-6-20-19(23)16-4-7-22(8-5-16)18(24)13-26-11-10-25-3/h6,9,16H,4-5,7-8,10-13H2,1-3H3. The lowest BCUT2D eigenvalue weighted by molar-refractivity contribution is -0.137. The summed E-state index contributed by atoms with van der Waals surface area (Å²) in [5.74, 6) is 2.31. The van der Waals surface area contributed by atoms with Crippen LogP contribution < -0.4 is 0 Å². The van der Waals surface area contributed by atoms with Crippen molar-refractivity contribution >= 4 is 5.91 Å². The maximum Gasteiger partial charge on any atom is 0.248 e. The predicted octanol–water partition coefficient (Wildman–Crippen LogP) is 1.91. The number of likely N-dealkylation sites (tertiary alicyclic amines) is 1. The zero-order valence-corrected chi connectivity index (χ0v) is 16.3. The van der Waals surface area contributed by atoms with Crippen LogP contribution in [0, 0.1) is 13.8 Å². The zero-order valence-electron chi connectivity index (χ0n) is 16.3. The minimum absolute atomic E-state index is 0.0450. The molecule has 0 radical (unpaired) electrons. The highest BCUT2D eigenvalue weighted by Crippen LogP contribution is 2.28. The van der Waals surface area contributed by atoms with Gasteiger partial charge in [-0.05, 0) is 26.7 Å². The van der Waals surface area contributed by atoms with E-state index in [2.05, 4.69) is 14.7 Å². The molecule has 27 heavy (non-hydrogen) atoms. The first-order valence-electron chi connectivity index (χ1n) is 9.37. The second kappa shape index (κ2) is 9.14. The van der Waals surface area contributed by atoms with Gasteiger partial charge in [0.2, 0.25) is 5.91 Å². The highest BCUT2D eigenvalue weighted by molar-refractivity contribution is 5.77. The number of rotatable bonds is 8. The van der Waals surface area contributed by atoms with Crippen molar-refractivity contribution in [2.24, 2.45) is 0 Å². The van der Waals surface area contributed by atoms with Gasteiger partial charge in [-0.2, -0.15) is 0 Å². The van der Waals surface area contributed by atoms with Crippen molar-refractivity contribution in [3.05, 3.63) is 35.2 Å². The van der Waals surface area contributed by atoms with Crippen LogP contribution in [0.4, 0.5) is 0 Å². The number of nitrogens with zero attached hydrogens (tertiary/aromatic N) is 4. The smallest absolute Gasteiger partial charge is 0.248 e. The Kier molecular flexibility index (Phi) is 6.63. The van der Waals surface area contributed by atoms with E-state index in [1.165, 1.54) is 0 Å². The number of ether oxygens (including phenoxy) is 2. The highest BCUT2D eigenvalue weighted by atomic mass is 16.5. The summed E-state index contributed by atoms with van der Waals surface area (Å²) in [5.41, 5.74) is 2.02. The molecule has 8 nitrogen and oxygen atoms in total. The topological polar surface area (TPSA) is 82.6 Å². The maximum atomic E-state index is 12.2. The summed E-state index contributed by atoms with van der Waals surface area (Å²) in [5, 5.41) is 4.03. The van der Waals surface area contributed by atoms with Gasteiger partial charge in [0.25, 0.3) is 0 Å². The van der Waals surface area contributed by atoms with Gasteiger partial charge >= 0.3 is 0 Å². The molecule has 3 heterocycles. The van der Waals surface area contributed by atoms with Crippen molar-refractivity contribution < 1.29 is 18.8 Å². The lowest BCUT2D eigenvalue weighted by Crippen LogP contribution is -2.40. The molecule has 0 bridgehead atoms. The molecule has 2 aromatic rings. The van der Waals surface area contributed by atoms with Gasteiger partial charge in [0.15, 0.2) is 0 Å². The Morgan fingerprint density at radius 3 is 2.74 bits per heavy atom. The largest absolute Gasteiger partial charge is 0.382 e. The Bertz CT molecular complexity index is 727. The third kappa shape index (κ3) is 4.75. The molecule has 0 saturated carbocycles. The molecule has 2 aromatic heterocycles. The molecule has 1 amide bonds. The normalized spacial score (nSPS) is 15.4. The quantitative estimate of drug-likeness (QED) is 0.655. The molecule has 1 aliphatic rings. The van der Waals surface area contributed by atoms with E-state index in [9.17, 15) is 4.79 Å². The Labute approximate surface area is 159 Å². The number of carbonyl (C=O) groups excluding carboxylic acids is 1. The molecular weight excluding hydrogens is 348 g/mol. The molecule has 3 rings (SSSR count). The molecule has 1 aliphatic heterocycles. The van der Waals surface area contributed by atoms with E-state index < -0.39 is 0 Å². The second-order valence-electron chi connectivity index (χ2n) is 6.92. The fourth-order valence-corrected chi connectivity index (χ4v) is 3.49. The molecule has 0 atom stereocenters. The maximum absolute atomic E-state index is 12.2.